The zero-order chi connectivity index (χ0) is 17.1. The Morgan fingerprint density at radius 2 is 2.00 bits per heavy atom. The van der Waals surface area contributed by atoms with Crippen LogP contribution in [0.25, 0.3) is 0 Å². The molecule has 3 amide bonds. The van der Waals surface area contributed by atoms with Crippen LogP contribution in [0.15, 0.2) is 18.2 Å². The Labute approximate surface area is 152 Å². The van der Waals surface area contributed by atoms with E-state index in [0.29, 0.717) is 36.4 Å². The van der Waals surface area contributed by atoms with Crippen LogP contribution >= 0.6 is 12.4 Å². The molecule has 2 aliphatic rings. The van der Waals surface area contributed by atoms with Gasteiger partial charge >= 0.3 is 0 Å². The number of carbonyl (C=O) groups excluding carboxylic acids is 3. The Hall–Kier alpha value is -1.96. The third-order valence-corrected chi connectivity index (χ3v) is 4.30. The molecular formula is C17H22ClN3O4. The third-order valence-electron chi connectivity index (χ3n) is 4.30. The number of fused-ring (bicyclic) bond motifs is 1. The number of halogens is 1. The van der Waals surface area contributed by atoms with Crippen molar-refractivity contribution in [1.82, 2.24) is 15.5 Å². The van der Waals surface area contributed by atoms with Gasteiger partial charge in [-0.15, -0.1) is 12.4 Å². The molecule has 0 aliphatic carbocycles. The van der Waals surface area contributed by atoms with E-state index in [4.69, 9.17) is 4.74 Å². The Balaban J connectivity index is 0.00000225. The average molecular weight is 368 g/mol. The predicted octanol–water partition coefficient (Wildman–Crippen LogP) is 0.833. The molecule has 1 saturated heterocycles. The van der Waals surface area contributed by atoms with E-state index in [9.17, 15) is 14.4 Å². The Bertz CT molecular complexity index is 674. The number of rotatable bonds is 6. The molecule has 2 heterocycles. The summed E-state index contributed by atoms with van der Waals surface area (Å²) in [4.78, 5) is 38.3. The summed E-state index contributed by atoms with van der Waals surface area (Å²) in [5.41, 5.74) is 1.02. The quantitative estimate of drug-likeness (QED) is 0.574. The summed E-state index contributed by atoms with van der Waals surface area (Å²) in [6.45, 7) is 2.09. The lowest BCUT2D eigenvalue weighted by molar-refractivity contribution is 0.0475. The van der Waals surface area contributed by atoms with E-state index >= 15 is 0 Å². The van der Waals surface area contributed by atoms with Crippen LogP contribution in [0.1, 0.15) is 43.9 Å². The molecule has 1 fully saturated rings. The molecule has 7 nitrogen and oxygen atoms in total. The van der Waals surface area contributed by atoms with E-state index in [0.717, 1.165) is 12.8 Å². The lowest BCUT2D eigenvalue weighted by Gasteiger charge is -2.17. The van der Waals surface area contributed by atoms with Gasteiger partial charge in [0.2, 0.25) is 0 Å². The number of carbonyl (C=O) groups is 3. The van der Waals surface area contributed by atoms with Crippen molar-refractivity contribution in [1.29, 1.82) is 0 Å². The zero-order valence-corrected chi connectivity index (χ0v) is 14.9. The van der Waals surface area contributed by atoms with Gasteiger partial charge in [-0.25, -0.2) is 0 Å². The smallest absolute Gasteiger partial charge is 0.261 e. The fraction of sp³-hybridized carbons (Fsp3) is 0.471. The lowest BCUT2D eigenvalue weighted by atomic mass is 10.1. The van der Waals surface area contributed by atoms with Gasteiger partial charge in [0.05, 0.1) is 23.8 Å². The lowest BCUT2D eigenvalue weighted by Crippen LogP contribution is -2.36. The van der Waals surface area contributed by atoms with Gasteiger partial charge in [-0.1, -0.05) is 0 Å². The Morgan fingerprint density at radius 3 is 2.68 bits per heavy atom. The number of nitrogens with zero attached hydrogens (tertiary/aromatic N) is 1. The van der Waals surface area contributed by atoms with Gasteiger partial charge in [-0.3, -0.25) is 19.3 Å². The van der Waals surface area contributed by atoms with E-state index in [1.807, 2.05) is 0 Å². The van der Waals surface area contributed by atoms with Crippen molar-refractivity contribution in [3.05, 3.63) is 34.9 Å². The molecule has 25 heavy (non-hydrogen) atoms. The second-order valence-corrected chi connectivity index (χ2v) is 5.98. The number of amides is 3. The van der Waals surface area contributed by atoms with E-state index in [2.05, 4.69) is 10.6 Å². The highest BCUT2D eigenvalue weighted by Crippen LogP contribution is 2.26. The molecule has 2 aliphatic heterocycles. The SMILES string of the molecule is CNCCNC(=O)c1ccc2c(c1)C(=O)N(CC1CCCO1)C2=O.Cl. The molecule has 1 unspecified atom stereocenters. The molecule has 0 aromatic heterocycles. The molecule has 0 radical (unpaired) electrons. The molecule has 0 bridgehead atoms. The molecule has 1 atom stereocenters. The first-order valence-electron chi connectivity index (χ1n) is 8.16. The maximum atomic E-state index is 12.5. The summed E-state index contributed by atoms with van der Waals surface area (Å²) in [7, 11) is 1.80. The molecule has 0 saturated carbocycles. The van der Waals surface area contributed by atoms with Crippen molar-refractivity contribution in [2.24, 2.45) is 0 Å². The van der Waals surface area contributed by atoms with Gasteiger partial charge < -0.3 is 15.4 Å². The summed E-state index contributed by atoms with van der Waals surface area (Å²) in [6.07, 6.45) is 1.72. The fourth-order valence-corrected chi connectivity index (χ4v) is 2.99. The van der Waals surface area contributed by atoms with Crippen LogP contribution in [-0.4, -0.2) is 62.0 Å². The largest absolute Gasteiger partial charge is 0.376 e. The topological polar surface area (TPSA) is 87.7 Å². The van der Waals surface area contributed by atoms with Gasteiger partial charge in [0, 0.05) is 25.3 Å². The molecule has 0 spiro atoms. The van der Waals surface area contributed by atoms with Crippen molar-refractivity contribution in [2.45, 2.75) is 18.9 Å². The predicted molar refractivity (Wildman–Crippen MR) is 94.3 cm³/mol. The van der Waals surface area contributed by atoms with Crippen molar-refractivity contribution in [3.63, 3.8) is 0 Å². The van der Waals surface area contributed by atoms with E-state index in [1.54, 1.807) is 19.2 Å². The van der Waals surface area contributed by atoms with Crippen molar-refractivity contribution in [2.75, 3.05) is 33.3 Å². The standard InChI is InChI=1S/C17H21N3O4.ClH/c1-18-6-7-19-15(21)11-4-5-13-14(9-11)17(23)20(16(13)22)10-12-3-2-8-24-12;/h4-5,9,12,18H,2-3,6-8,10H2,1H3,(H,19,21);1H. The summed E-state index contributed by atoms with van der Waals surface area (Å²) in [5.74, 6) is -0.922. The summed E-state index contributed by atoms with van der Waals surface area (Å²) in [5, 5.41) is 5.69. The fourth-order valence-electron chi connectivity index (χ4n) is 2.99. The van der Waals surface area contributed by atoms with Crippen LogP contribution in [0, 0.1) is 0 Å². The van der Waals surface area contributed by atoms with Gasteiger partial charge in [-0.05, 0) is 38.1 Å². The minimum atomic E-state index is -0.352. The van der Waals surface area contributed by atoms with Crippen molar-refractivity contribution in [3.8, 4) is 0 Å². The number of benzene rings is 1. The number of hydrogen-bond acceptors (Lipinski definition) is 5. The number of nitrogens with one attached hydrogen (secondary N) is 2. The van der Waals surface area contributed by atoms with Crippen molar-refractivity contribution >= 4 is 30.1 Å². The normalized spacial score (nSPS) is 18.9. The van der Waals surface area contributed by atoms with Gasteiger partial charge in [-0.2, -0.15) is 0 Å². The Morgan fingerprint density at radius 1 is 1.24 bits per heavy atom. The first-order chi connectivity index (χ1) is 11.6. The highest BCUT2D eigenvalue weighted by atomic mass is 35.5. The van der Waals surface area contributed by atoms with Crippen LogP contribution in [0.4, 0.5) is 0 Å². The van der Waals surface area contributed by atoms with E-state index < -0.39 is 0 Å². The number of likely N-dealkylation sites (N-methyl/N-ethyl adjacent to an activating group) is 1. The van der Waals surface area contributed by atoms with Crippen molar-refractivity contribution < 1.29 is 19.1 Å². The van der Waals surface area contributed by atoms with Gasteiger partial charge in [0.25, 0.3) is 17.7 Å². The summed E-state index contributed by atoms with van der Waals surface area (Å²) < 4.78 is 5.51. The van der Waals surface area contributed by atoms with E-state index in [-0.39, 0.29) is 42.8 Å². The number of imide groups is 1. The van der Waals surface area contributed by atoms with Crippen LogP contribution in [0.3, 0.4) is 0 Å². The van der Waals surface area contributed by atoms with Crippen LogP contribution in [0.5, 0.6) is 0 Å². The van der Waals surface area contributed by atoms with Crippen LogP contribution in [0.2, 0.25) is 0 Å². The zero-order valence-electron chi connectivity index (χ0n) is 14.0. The maximum absolute atomic E-state index is 12.5. The second kappa shape index (κ2) is 8.42. The number of hydrogen-bond donors (Lipinski definition) is 2. The first kappa shape index (κ1) is 19.4. The molecule has 2 N–H and O–H groups in total. The highest BCUT2D eigenvalue weighted by Gasteiger charge is 2.37. The minimum Gasteiger partial charge on any atom is -0.376 e. The monoisotopic (exact) mass is 367 g/mol. The minimum absolute atomic E-state index is 0. The van der Waals surface area contributed by atoms with Crippen LogP contribution < -0.4 is 10.6 Å². The van der Waals surface area contributed by atoms with Crippen LogP contribution in [-0.2, 0) is 4.74 Å². The van der Waals surface area contributed by atoms with E-state index in [1.165, 1.54) is 11.0 Å². The summed E-state index contributed by atoms with van der Waals surface area (Å²) in [6, 6.07) is 4.63. The molecule has 8 heteroatoms. The third kappa shape index (κ3) is 4.00. The molecule has 1 aromatic carbocycles. The molecule has 3 rings (SSSR count). The maximum Gasteiger partial charge on any atom is 0.261 e. The first-order valence-corrected chi connectivity index (χ1v) is 8.16. The van der Waals surface area contributed by atoms with Gasteiger partial charge in [0.15, 0.2) is 0 Å². The molecular weight excluding hydrogens is 346 g/mol. The second-order valence-electron chi connectivity index (χ2n) is 5.98. The highest BCUT2D eigenvalue weighted by molar-refractivity contribution is 6.22. The van der Waals surface area contributed by atoms with Gasteiger partial charge in [0.1, 0.15) is 0 Å². The average Bonchev–Trinajstić information content (AvgIpc) is 3.18. The number of ether oxygens (including phenoxy) is 1. The molecule has 136 valence electrons. The molecule has 1 aromatic rings. The Kier molecular flexibility index (Phi) is 6.52. The summed E-state index contributed by atoms with van der Waals surface area (Å²) >= 11 is 0.